The summed E-state index contributed by atoms with van der Waals surface area (Å²) < 4.78 is 32.4. The molecule has 288 valence electrons. The van der Waals surface area contributed by atoms with Crippen LogP contribution in [0.4, 0.5) is 0 Å². The van der Waals surface area contributed by atoms with Crippen LogP contribution >= 0.6 is 0 Å². The standard InChI is InChI=1S/C41H77NO6S/c1-3-5-7-9-11-13-15-16-17-18-19-20-21-22-23-24-25-26-28-30-32-34-36-40(44)41(45)42-38(37-49(46,47)48)39(43)35-33-31-29-27-14-12-10-8-6-4-2/h19-20,22-23,33,35,38-40,43-44H,3-18,21,24-32,34,36-37H2,1-2H3,(H,42,45)(H,46,47,48)/b20-19-,23-22-,35-33+. The van der Waals surface area contributed by atoms with E-state index in [2.05, 4.69) is 43.5 Å². The summed E-state index contributed by atoms with van der Waals surface area (Å²) in [6.45, 7) is 4.47. The molecule has 0 radical (unpaired) electrons. The monoisotopic (exact) mass is 712 g/mol. The first-order chi connectivity index (χ1) is 23.7. The average molecular weight is 712 g/mol. The van der Waals surface area contributed by atoms with Crippen LogP contribution in [0.15, 0.2) is 36.5 Å². The number of allylic oxidation sites excluding steroid dienone is 5. The van der Waals surface area contributed by atoms with Gasteiger partial charge in [0, 0.05) is 0 Å². The molecule has 4 N–H and O–H groups in total. The third-order valence-corrected chi connectivity index (χ3v) is 9.95. The van der Waals surface area contributed by atoms with E-state index in [-0.39, 0.29) is 6.42 Å². The zero-order valence-electron chi connectivity index (χ0n) is 31.7. The highest BCUT2D eigenvalue weighted by Crippen LogP contribution is 2.14. The summed E-state index contributed by atoms with van der Waals surface area (Å²) in [5, 5.41) is 23.3. The van der Waals surface area contributed by atoms with E-state index in [1.165, 1.54) is 109 Å². The molecule has 0 aliphatic heterocycles. The van der Waals surface area contributed by atoms with E-state index in [0.29, 0.717) is 6.42 Å². The van der Waals surface area contributed by atoms with E-state index in [1.807, 2.05) is 0 Å². The normalized spacial score (nSPS) is 14.3. The van der Waals surface area contributed by atoms with Crippen molar-refractivity contribution in [2.45, 2.75) is 212 Å². The fraction of sp³-hybridized carbons (Fsp3) is 0.829. The molecule has 0 aliphatic rings. The molecule has 7 nitrogen and oxygen atoms in total. The van der Waals surface area contributed by atoms with Crippen LogP contribution in [-0.4, -0.2) is 53.1 Å². The summed E-state index contributed by atoms with van der Waals surface area (Å²) in [5.74, 6) is -1.55. The number of rotatable bonds is 36. The summed E-state index contributed by atoms with van der Waals surface area (Å²) in [5.41, 5.74) is 0. The van der Waals surface area contributed by atoms with Crippen molar-refractivity contribution in [1.29, 1.82) is 0 Å². The molecule has 0 aromatic rings. The Morgan fingerprint density at radius 1 is 0.571 bits per heavy atom. The van der Waals surface area contributed by atoms with Gasteiger partial charge in [0.15, 0.2) is 0 Å². The molecule has 0 aliphatic carbocycles. The Balaban J connectivity index is 3.98. The first-order valence-corrected chi connectivity index (χ1v) is 21.9. The van der Waals surface area contributed by atoms with E-state index in [4.69, 9.17) is 0 Å². The van der Waals surface area contributed by atoms with Crippen molar-refractivity contribution in [2.24, 2.45) is 0 Å². The second-order valence-corrected chi connectivity index (χ2v) is 15.6. The topological polar surface area (TPSA) is 124 Å². The Morgan fingerprint density at radius 3 is 1.39 bits per heavy atom. The molecule has 0 saturated carbocycles. The van der Waals surface area contributed by atoms with Crippen molar-refractivity contribution < 1.29 is 28.0 Å². The zero-order chi connectivity index (χ0) is 36.3. The maximum absolute atomic E-state index is 12.6. The molecule has 0 rings (SSSR count). The maximum atomic E-state index is 12.6. The quantitative estimate of drug-likeness (QED) is 0.0291. The molecule has 49 heavy (non-hydrogen) atoms. The Morgan fingerprint density at radius 2 is 0.959 bits per heavy atom. The summed E-state index contributed by atoms with van der Waals surface area (Å²) in [4.78, 5) is 12.6. The molecule has 0 heterocycles. The molecule has 0 fully saturated rings. The lowest BCUT2D eigenvalue weighted by Gasteiger charge is -2.22. The molecule has 0 bridgehead atoms. The van der Waals surface area contributed by atoms with Gasteiger partial charge >= 0.3 is 0 Å². The van der Waals surface area contributed by atoms with E-state index >= 15 is 0 Å². The summed E-state index contributed by atoms with van der Waals surface area (Å²) in [7, 11) is -4.44. The predicted molar refractivity (Wildman–Crippen MR) is 208 cm³/mol. The number of amides is 1. The molecule has 0 spiro atoms. The Labute approximate surface area is 302 Å². The fourth-order valence-corrected chi connectivity index (χ4v) is 6.75. The van der Waals surface area contributed by atoms with Gasteiger partial charge in [-0.25, -0.2) is 0 Å². The first-order valence-electron chi connectivity index (χ1n) is 20.3. The van der Waals surface area contributed by atoms with Crippen molar-refractivity contribution >= 4 is 16.0 Å². The van der Waals surface area contributed by atoms with Gasteiger partial charge in [0.05, 0.1) is 17.9 Å². The van der Waals surface area contributed by atoms with Gasteiger partial charge in [0.2, 0.25) is 5.91 Å². The Kier molecular flexibility index (Phi) is 33.9. The highest BCUT2D eigenvalue weighted by Gasteiger charge is 2.27. The van der Waals surface area contributed by atoms with Crippen LogP contribution in [0.25, 0.3) is 0 Å². The minimum atomic E-state index is -4.44. The number of hydrogen-bond acceptors (Lipinski definition) is 5. The van der Waals surface area contributed by atoms with Gasteiger partial charge in [-0.2, -0.15) is 8.42 Å². The number of aliphatic hydroxyl groups excluding tert-OH is 2. The molecule has 0 aromatic heterocycles. The molecule has 3 unspecified atom stereocenters. The lowest BCUT2D eigenvalue weighted by atomic mass is 10.0. The van der Waals surface area contributed by atoms with Gasteiger partial charge in [-0.1, -0.05) is 179 Å². The number of nitrogens with one attached hydrogen (secondary N) is 1. The molecule has 8 heteroatoms. The summed E-state index contributed by atoms with van der Waals surface area (Å²) in [6.07, 6.45) is 42.1. The smallest absolute Gasteiger partial charge is 0.267 e. The molecular formula is C41H77NO6S. The highest BCUT2D eigenvalue weighted by molar-refractivity contribution is 7.85. The van der Waals surface area contributed by atoms with Gasteiger partial charge < -0.3 is 15.5 Å². The van der Waals surface area contributed by atoms with Crippen molar-refractivity contribution in [2.75, 3.05) is 5.75 Å². The lowest BCUT2D eigenvalue weighted by molar-refractivity contribution is -0.130. The maximum Gasteiger partial charge on any atom is 0.267 e. The van der Waals surface area contributed by atoms with Crippen LogP contribution in [-0.2, 0) is 14.9 Å². The Hall–Kier alpha value is -1.48. The van der Waals surface area contributed by atoms with E-state index < -0.39 is 40.0 Å². The third kappa shape index (κ3) is 34.7. The lowest BCUT2D eigenvalue weighted by Crippen LogP contribution is -2.50. The molecule has 1 amide bonds. The van der Waals surface area contributed by atoms with Crippen LogP contribution < -0.4 is 5.32 Å². The minimum absolute atomic E-state index is 0.268. The van der Waals surface area contributed by atoms with Crippen LogP contribution in [0.1, 0.15) is 194 Å². The predicted octanol–water partition coefficient (Wildman–Crippen LogP) is 10.7. The highest BCUT2D eigenvalue weighted by atomic mass is 32.2. The number of hydrogen-bond donors (Lipinski definition) is 4. The molecule has 3 atom stereocenters. The van der Waals surface area contributed by atoms with Crippen LogP contribution in [0.3, 0.4) is 0 Å². The van der Waals surface area contributed by atoms with Crippen molar-refractivity contribution in [3.05, 3.63) is 36.5 Å². The first kappa shape index (κ1) is 47.5. The van der Waals surface area contributed by atoms with Crippen LogP contribution in [0.2, 0.25) is 0 Å². The minimum Gasteiger partial charge on any atom is -0.387 e. The molecular weight excluding hydrogens is 635 g/mol. The average Bonchev–Trinajstić information content (AvgIpc) is 3.06. The number of carbonyl (C=O) groups is 1. The van der Waals surface area contributed by atoms with Crippen molar-refractivity contribution in [3.63, 3.8) is 0 Å². The second-order valence-electron chi connectivity index (χ2n) is 14.1. The summed E-state index contributed by atoms with van der Waals surface area (Å²) >= 11 is 0. The van der Waals surface area contributed by atoms with E-state index in [9.17, 15) is 28.0 Å². The van der Waals surface area contributed by atoms with Crippen molar-refractivity contribution in [1.82, 2.24) is 5.32 Å². The second kappa shape index (κ2) is 34.9. The largest absolute Gasteiger partial charge is 0.387 e. The molecule has 0 saturated heterocycles. The Bertz CT molecular complexity index is 932. The van der Waals surface area contributed by atoms with Gasteiger partial charge in [0.25, 0.3) is 10.1 Å². The third-order valence-electron chi connectivity index (χ3n) is 9.17. The van der Waals surface area contributed by atoms with Gasteiger partial charge in [-0.3, -0.25) is 9.35 Å². The van der Waals surface area contributed by atoms with Crippen LogP contribution in [0, 0.1) is 0 Å². The number of unbranched alkanes of at least 4 members (excludes halogenated alkanes) is 23. The van der Waals surface area contributed by atoms with E-state index in [1.54, 1.807) is 6.08 Å². The van der Waals surface area contributed by atoms with Gasteiger partial charge in [0.1, 0.15) is 6.10 Å². The van der Waals surface area contributed by atoms with Crippen molar-refractivity contribution in [3.8, 4) is 0 Å². The van der Waals surface area contributed by atoms with E-state index in [0.717, 1.165) is 64.2 Å². The zero-order valence-corrected chi connectivity index (χ0v) is 32.5. The van der Waals surface area contributed by atoms with Gasteiger partial charge in [-0.05, 0) is 51.4 Å². The van der Waals surface area contributed by atoms with Crippen LogP contribution in [0.5, 0.6) is 0 Å². The SMILES string of the molecule is CCCCCCCCCC/C=C/C(O)C(CS(=O)(=O)O)NC(=O)C(O)CCCCCCCC/C=C\C/C=C\CCCCCCCCCCC. The fourth-order valence-electron chi connectivity index (χ4n) is 6.01. The van der Waals surface area contributed by atoms with Gasteiger partial charge in [-0.15, -0.1) is 0 Å². The molecule has 0 aromatic carbocycles. The number of carbonyl (C=O) groups excluding carboxylic acids is 1. The number of aliphatic hydroxyl groups is 2. The summed E-state index contributed by atoms with van der Waals surface area (Å²) in [6, 6.07) is -1.23.